The van der Waals surface area contributed by atoms with Gasteiger partial charge in [-0.2, -0.15) is 0 Å². The predicted octanol–water partition coefficient (Wildman–Crippen LogP) is 1.32. The summed E-state index contributed by atoms with van der Waals surface area (Å²) in [6.45, 7) is 1.72. The predicted molar refractivity (Wildman–Crippen MR) is 68.9 cm³/mol. The average molecular weight is 304 g/mol. The van der Waals surface area contributed by atoms with E-state index in [9.17, 15) is 27.9 Å². The van der Waals surface area contributed by atoms with Gasteiger partial charge in [-0.1, -0.05) is 13.3 Å². The number of hydrogen-bond donors (Lipinski definition) is 3. The Morgan fingerprint density at radius 3 is 2.29 bits per heavy atom. The number of rotatable bonds is 5. The van der Waals surface area contributed by atoms with Gasteiger partial charge in [0.1, 0.15) is 0 Å². The second kappa shape index (κ2) is 7.63. The van der Waals surface area contributed by atoms with Crippen molar-refractivity contribution >= 4 is 17.5 Å². The lowest BCUT2D eigenvalue weighted by molar-refractivity contribution is -0.136. The van der Waals surface area contributed by atoms with Crippen molar-refractivity contribution in [2.24, 2.45) is 0 Å². The number of carbonyl (C=O) groups is 2. The molecule has 21 heavy (non-hydrogen) atoms. The molecule has 0 saturated heterocycles. The Hall–Kier alpha value is -2.09. The van der Waals surface area contributed by atoms with Gasteiger partial charge in [0, 0.05) is 24.4 Å². The molecule has 1 atom stereocenters. The maximum atomic E-state index is 12.9. The number of nitrogens with one attached hydrogen (secondary N) is 2. The summed E-state index contributed by atoms with van der Waals surface area (Å²) in [5.41, 5.74) is -0.388. The summed E-state index contributed by atoms with van der Waals surface area (Å²) >= 11 is 0. The van der Waals surface area contributed by atoms with Gasteiger partial charge in [0.15, 0.2) is 17.5 Å². The lowest BCUT2D eigenvalue weighted by Crippen LogP contribution is -2.39. The van der Waals surface area contributed by atoms with Crippen LogP contribution < -0.4 is 10.6 Å². The maximum absolute atomic E-state index is 12.9. The van der Waals surface area contributed by atoms with Crippen molar-refractivity contribution in [2.75, 3.05) is 11.9 Å². The number of amides is 2. The molecule has 116 valence electrons. The quantitative estimate of drug-likeness (QED) is 0.567. The SMILES string of the molecule is CCCC(O)CNC(=O)C(=O)Nc1cc(F)c(F)c(F)c1. The standard InChI is InChI=1S/C13H15F3N2O3/c1-2-3-8(19)6-17-12(20)13(21)18-7-4-9(14)11(16)10(15)5-7/h4-5,8,19H,2-3,6H2,1H3,(H,17,20)(H,18,21). The summed E-state index contributed by atoms with van der Waals surface area (Å²) in [5, 5.41) is 13.5. The van der Waals surface area contributed by atoms with Crippen LogP contribution in [0, 0.1) is 17.5 Å². The molecule has 0 heterocycles. The lowest BCUT2D eigenvalue weighted by atomic mass is 10.2. The molecule has 0 bridgehead atoms. The Labute approximate surface area is 119 Å². The first kappa shape index (κ1) is 17.0. The smallest absolute Gasteiger partial charge is 0.313 e. The molecule has 1 aromatic rings. The Morgan fingerprint density at radius 1 is 1.19 bits per heavy atom. The summed E-state index contributed by atoms with van der Waals surface area (Å²) in [5.74, 6) is -6.88. The van der Waals surface area contributed by atoms with Crippen molar-refractivity contribution in [3.63, 3.8) is 0 Å². The van der Waals surface area contributed by atoms with Crippen LogP contribution in [-0.4, -0.2) is 29.6 Å². The van der Waals surface area contributed by atoms with E-state index in [0.29, 0.717) is 25.0 Å². The van der Waals surface area contributed by atoms with Crippen LogP contribution in [0.15, 0.2) is 12.1 Å². The highest BCUT2D eigenvalue weighted by Gasteiger charge is 2.17. The molecular formula is C13H15F3N2O3. The average Bonchev–Trinajstić information content (AvgIpc) is 2.42. The molecule has 0 spiro atoms. The zero-order valence-corrected chi connectivity index (χ0v) is 11.3. The third kappa shape index (κ3) is 5.07. The highest BCUT2D eigenvalue weighted by molar-refractivity contribution is 6.39. The van der Waals surface area contributed by atoms with Crippen LogP contribution in [0.3, 0.4) is 0 Å². The molecule has 0 aromatic heterocycles. The van der Waals surface area contributed by atoms with Crippen molar-refractivity contribution in [1.29, 1.82) is 0 Å². The molecule has 1 aromatic carbocycles. The van der Waals surface area contributed by atoms with E-state index >= 15 is 0 Å². The molecule has 0 saturated carbocycles. The lowest BCUT2D eigenvalue weighted by Gasteiger charge is -2.11. The first-order valence-corrected chi connectivity index (χ1v) is 6.27. The summed E-state index contributed by atoms with van der Waals surface area (Å²) in [6.07, 6.45) is 0.376. The zero-order chi connectivity index (χ0) is 16.0. The van der Waals surface area contributed by atoms with E-state index in [1.807, 2.05) is 12.2 Å². The van der Waals surface area contributed by atoms with Gasteiger partial charge in [0.05, 0.1) is 6.10 Å². The van der Waals surface area contributed by atoms with E-state index in [2.05, 4.69) is 5.32 Å². The summed E-state index contributed by atoms with van der Waals surface area (Å²) < 4.78 is 38.6. The van der Waals surface area contributed by atoms with Crippen LogP contribution in [0.5, 0.6) is 0 Å². The molecular weight excluding hydrogens is 289 g/mol. The van der Waals surface area contributed by atoms with Crippen LogP contribution in [0.4, 0.5) is 18.9 Å². The van der Waals surface area contributed by atoms with Crippen molar-refractivity contribution in [1.82, 2.24) is 5.32 Å². The molecule has 0 aliphatic rings. The number of carbonyl (C=O) groups excluding carboxylic acids is 2. The Balaban J connectivity index is 2.58. The third-order valence-corrected chi connectivity index (χ3v) is 2.57. The molecule has 1 rings (SSSR count). The van der Waals surface area contributed by atoms with E-state index in [-0.39, 0.29) is 12.2 Å². The largest absolute Gasteiger partial charge is 0.391 e. The van der Waals surface area contributed by atoms with E-state index in [4.69, 9.17) is 0 Å². The highest BCUT2D eigenvalue weighted by Crippen LogP contribution is 2.17. The van der Waals surface area contributed by atoms with Gasteiger partial charge in [-0.05, 0) is 6.42 Å². The topological polar surface area (TPSA) is 78.4 Å². The monoisotopic (exact) mass is 304 g/mol. The van der Waals surface area contributed by atoms with Crippen LogP contribution in [0.1, 0.15) is 19.8 Å². The second-order valence-corrected chi connectivity index (χ2v) is 4.36. The third-order valence-electron chi connectivity index (χ3n) is 2.57. The summed E-state index contributed by atoms with van der Waals surface area (Å²) in [6, 6.07) is 1.10. The molecule has 0 fully saturated rings. The zero-order valence-electron chi connectivity index (χ0n) is 11.3. The van der Waals surface area contributed by atoms with Gasteiger partial charge in [-0.25, -0.2) is 13.2 Å². The van der Waals surface area contributed by atoms with E-state index < -0.39 is 35.4 Å². The minimum Gasteiger partial charge on any atom is -0.391 e. The fraction of sp³-hybridized carbons (Fsp3) is 0.385. The summed E-state index contributed by atoms with van der Waals surface area (Å²) in [4.78, 5) is 22.8. The van der Waals surface area contributed by atoms with Gasteiger partial charge >= 0.3 is 11.8 Å². The summed E-state index contributed by atoms with van der Waals surface area (Å²) in [7, 11) is 0. The van der Waals surface area contributed by atoms with Crippen LogP contribution in [-0.2, 0) is 9.59 Å². The van der Waals surface area contributed by atoms with E-state index in [1.165, 1.54) is 0 Å². The van der Waals surface area contributed by atoms with E-state index in [0.717, 1.165) is 0 Å². The Bertz CT molecular complexity index is 514. The molecule has 1 unspecified atom stereocenters. The Morgan fingerprint density at radius 2 is 1.76 bits per heavy atom. The minimum atomic E-state index is -1.67. The van der Waals surface area contributed by atoms with Crippen molar-refractivity contribution in [2.45, 2.75) is 25.9 Å². The maximum Gasteiger partial charge on any atom is 0.313 e. The van der Waals surface area contributed by atoms with Crippen LogP contribution >= 0.6 is 0 Å². The van der Waals surface area contributed by atoms with Gasteiger partial charge in [0.25, 0.3) is 0 Å². The van der Waals surface area contributed by atoms with Gasteiger partial charge in [-0.3, -0.25) is 9.59 Å². The van der Waals surface area contributed by atoms with Gasteiger partial charge in [-0.15, -0.1) is 0 Å². The normalized spacial score (nSPS) is 11.9. The first-order chi connectivity index (χ1) is 9.85. The number of hydrogen-bond acceptors (Lipinski definition) is 3. The van der Waals surface area contributed by atoms with Crippen molar-refractivity contribution < 1.29 is 27.9 Å². The van der Waals surface area contributed by atoms with E-state index in [1.54, 1.807) is 0 Å². The molecule has 0 aliphatic carbocycles. The van der Waals surface area contributed by atoms with Crippen LogP contribution in [0.25, 0.3) is 0 Å². The number of aliphatic hydroxyl groups is 1. The molecule has 2 amide bonds. The Kier molecular flexibility index (Phi) is 6.16. The fourth-order valence-electron chi connectivity index (χ4n) is 1.54. The van der Waals surface area contributed by atoms with Crippen molar-refractivity contribution in [3.8, 4) is 0 Å². The molecule has 5 nitrogen and oxygen atoms in total. The molecule has 8 heteroatoms. The first-order valence-electron chi connectivity index (χ1n) is 6.27. The number of benzene rings is 1. The molecule has 0 radical (unpaired) electrons. The van der Waals surface area contributed by atoms with Crippen LogP contribution in [0.2, 0.25) is 0 Å². The number of anilines is 1. The van der Waals surface area contributed by atoms with Gasteiger partial charge in [0.2, 0.25) is 0 Å². The molecule has 0 aliphatic heterocycles. The minimum absolute atomic E-state index is 0.119. The fourth-order valence-corrected chi connectivity index (χ4v) is 1.54. The molecule has 3 N–H and O–H groups in total. The highest BCUT2D eigenvalue weighted by atomic mass is 19.2. The van der Waals surface area contributed by atoms with Crippen molar-refractivity contribution in [3.05, 3.63) is 29.6 Å². The number of aliphatic hydroxyl groups excluding tert-OH is 1. The number of halogens is 3. The van der Waals surface area contributed by atoms with Gasteiger partial charge < -0.3 is 15.7 Å². The second-order valence-electron chi connectivity index (χ2n) is 4.36.